The van der Waals surface area contributed by atoms with Gasteiger partial charge in [0.2, 0.25) is 0 Å². The van der Waals surface area contributed by atoms with Crippen LogP contribution in [-0.4, -0.2) is 30.8 Å². The van der Waals surface area contributed by atoms with Crippen LogP contribution in [0.15, 0.2) is 0 Å². The maximum absolute atomic E-state index is 7.00. The predicted molar refractivity (Wildman–Crippen MR) is 52.0 cm³/mol. The van der Waals surface area contributed by atoms with E-state index in [1.54, 1.807) is 0 Å². The van der Waals surface area contributed by atoms with E-state index in [4.69, 9.17) is 33.0 Å². The van der Waals surface area contributed by atoms with Crippen molar-refractivity contribution in [2.45, 2.75) is 12.8 Å². The molecule has 0 aromatic rings. The maximum atomic E-state index is 7.00. The van der Waals surface area contributed by atoms with Gasteiger partial charge in [-0.05, 0) is 12.8 Å². The van der Waals surface area contributed by atoms with Crippen molar-refractivity contribution < 1.29 is 9.84 Å². The Bertz CT molecular complexity index is 35.2. The van der Waals surface area contributed by atoms with Crippen molar-refractivity contribution in [1.82, 2.24) is 0 Å². The number of hydrogen-bond acceptors (Lipinski definition) is 2. The summed E-state index contributed by atoms with van der Waals surface area (Å²) in [5.41, 5.74) is 0. The van der Waals surface area contributed by atoms with E-state index in [-0.39, 0.29) is 17.7 Å². The molecule has 0 atom stereocenters. The van der Waals surface area contributed by atoms with E-state index in [1.807, 2.05) is 0 Å². The highest BCUT2D eigenvalue weighted by Crippen LogP contribution is 1.98. The fourth-order valence-electron chi connectivity index (χ4n) is 0.510. The number of aliphatic hydroxyl groups is 1. The van der Waals surface area contributed by atoms with Crippen LogP contribution in [0, 0.1) is 0 Å². The van der Waals surface area contributed by atoms with Gasteiger partial charge in [0.25, 0.3) is 0 Å². The van der Waals surface area contributed by atoms with Crippen LogP contribution in [0.5, 0.6) is 0 Å². The zero-order valence-corrected chi connectivity index (χ0v) is 8.88. The minimum atomic E-state index is 0. The van der Waals surface area contributed by atoms with Gasteiger partial charge in [-0.3, -0.25) is 0 Å². The predicted octanol–water partition coefficient (Wildman–Crippen LogP) is 2.25. The summed E-state index contributed by atoms with van der Waals surface area (Å²) in [7, 11) is 1.00. The Hall–Kier alpha value is 0.790. The summed E-state index contributed by atoms with van der Waals surface area (Å²) in [6.45, 7) is 2.00. The molecule has 1 aliphatic heterocycles. The van der Waals surface area contributed by atoms with Gasteiger partial charge < -0.3 is 9.84 Å². The monoisotopic (exact) mass is 224 g/mol. The van der Waals surface area contributed by atoms with E-state index in [2.05, 4.69) is 0 Å². The molecule has 0 aromatic carbocycles. The molecule has 72 valence electrons. The largest absolute Gasteiger partial charge is 0.400 e. The lowest BCUT2D eigenvalue weighted by molar-refractivity contribution is 0.198. The highest BCUT2D eigenvalue weighted by atomic mass is 35.5. The van der Waals surface area contributed by atoms with Gasteiger partial charge in [0.1, 0.15) is 0 Å². The highest BCUT2D eigenvalue weighted by molar-refractivity contribution is 6.40. The molecule has 1 aliphatic rings. The topological polar surface area (TPSA) is 29.5 Å². The fourth-order valence-corrected chi connectivity index (χ4v) is 0.510. The molecule has 0 unspecified atom stereocenters. The maximum Gasteiger partial charge on any atom is 0.0967 e. The van der Waals surface area contributed by atoms with Crippen molar-refractivity contribution in [2.75, 3.05) is 25.7 Å². The van der Waals surface area contributed by atoms with E-state index in [9.17, 15) is 0 Å². The number of hydrogen-bond donors (Lipinski definition) is 1. The summed E-state index contributed by atoms with van der Waals surface area (Å²) < 4.78 is 4.94. The van der Waals surface area contributed by atoms with Crippen molar-refractivity contribution >= 4 is 35.6 Å². The van der Waals surface area contributed by atoms with E-state index < -0.39 is 0 Å². The van der Waals surface area contributed by atoms with Gasteiger partial charge in [-0.25, -0.2) is 0 Å². The number of alkyl halides is 2. The van der Waals surface area contributed by atoms with Crippen molar-refractivity contribution in [3.63, 3.8) is 0 Å². The summed E-state index contributed by atoms with van der Waals surface area (Å²) in [5.74, 6) is 0. The van der Waals surface area contributed by atoms with Crippen LogP contribution >= 0.6 is 35.6 Å². The Morgan fingerprint density at radius 2 is 1.45 bits per heavy atom. The van der Waals surface area contributed by atoms with Gasteiger partial charge in [0, 0.05) is 20.3 Å². The molecule has 0 radical (unpaired) electrons. The van der Waals surface area contributed by atoms with E-state index >= 15 is 0 Å². The van der Waals surface area contributed by atoms with Gasteiger partial charge in [0.15, 0.2) is 0 Å². The normalized spacial score (nSPS) is 13.1. The Labute approximate surface area is 84.2 Å². The van der Waals surface area contributed by atoms with Crippen LogP contribution in [0.2, 0.25) is 0 Å². The second-order valence-electron chi connectivity index (χ2n) is 1.42. The average Bonchev–Trinajstić information content (AvgIpc) is 2.48. The lowest BCUT2D eigenvalue weighted by Gasteiger charge is -1.76. The first kappa shape index (κ1) is 17.8. The zero-order chi connectivity index (χ0) is 8.24. The molecule has 0 saturated carbocycles. The Morgan fingerprint density at radius 3 is 1.55 bits per heavy atom. The number of ether oxygens (including phenoxy) is 1. The number of halogens is 3. The minimum Gasteiger partial charge on any atom is -0.400 e. The number of aliphatic hydroxyl groups excluding tert-OH is 1. The summed E-state index contributed by atoms with van der Waals surface area (Å²) in [4.78, 5) is 0. The smallest absolute Gasteiger partial charge is 0.0967 e. The third-order valence-corrected chi connectivity index (χ3v) is 0.827. The molecule has 11 heavy (non-hydrogen) atoms. The van der Waals surface area contributed by atoms with Crippen LogP contribution in [0.1, 0.15) is 12.8 Å². The molecule has 0 amide bonds. The van der Waals surface area contributed by atoms with Crippen molar-refractivity contribution in [1.29, 1.82) is 0 Å². The molecule has 1 saturated heterocycles. The molecule has 1 fully saturated rings. The van der Waals surface area contributed by atoms with Crippen molar-refractivity contribution in [3.05, 3.63) is 0 Å². The lowest BCUT2D eigenvalue weighted by atomic mass is 10.4. The molecule has 0 bridgehead atoms. The van der Waals surface area contributed by atoms with Crippen LogP contribution in [0.4, 0.5) is 0 Å². The van der Waals surface area contributed by atoms with Crippen LogP contribution in [-0.2, 0) is 4.74 Å². The van der Waals surface area contributed by atoms with Gasteiger partial charge >= 0.3 is 0 Å². The van der Waals surface area contributed by atoms with Crippen molar-refractivity contribution in [3.8, 4) is 0 Å². The molecule has 0 aromatic heterocycles. The molecule has 1 heterocycles. The Morgan fingerprint density at radius 1 is 1.18 bits per heavy atom. The van der Waals surface area contributed by atoms with Crippen LogP contribution < -0.4 is 0 Å². The molecule has 5 heteroatoms. The SMILES string of the molecule is C1CCOC1.CO.Cl.ClCCl. The highest BCUT2D eigenvalue weighted by Gasteiger charge is 1.94. The second-order valence-corrected chi connectivity index (χ2v) is 2.23. The standard InChI is InChI=1S/C4H8O.CH2Cl2.CH4O.ClH/c1-2-4-5-3-1;2-1-3;1-2;/h1-4H2;1H2;2H,1H3;1H. The Balaban J connectivity index is -0.0000000956. The molecular weight excluding hydrogens is 210 g/mol. The first-order valence-electron chi connectivity index (χ1n) is 3.06. The van der Waals surface area contributed by atoms with Gasteiger partial charge in [-0.1, -0.05) is 0 Å². The first-order valence-corrected chi connectivity index (χ1v) is 4.13. The summed E-state index contributed by atoms with van der Waals surface area (Å²) in [6, 6.07) is 0. The fraction of sp³-hybridized carbons (Fsp3) is 1.00. The number of rotatable bonds is 0. The lowest BCUT2D eigenvalue weighted by Crippen LogP contribution is -1.74. The zero-order valence-electron chi connectivity index (χ0n) is 6.56. The first-order chi connectivity index (χ1) is 4.91. The molecule has 1 N–H and O–H groups in total. The third kappa shape index (κ3) is 24.9. The van der Waals surface area contributed by atoms with Crippen LogP contribution in [0.3, 0.4) is 0 Å². The van der Waals surface area contributed by atoms with E-state index in [1.165, 1.54) is 12.8 Å². The van der Waals surface area contributed by atoms with Gasteiger partial charge in [0.05, 0.1) is 5.34 Å². The van der Waals surface area contributed by atoms with Gasteiger partial charge in [-0.15, -0.1) is 35.6 Å². The van der Waals surface area contributed by atoms with Gasteiger partial charge in [-0.2, -0.15) is 0 Å². The second kappa shape index (κ2) is 22.4. The molecule has 2 nitrogen and oxygen atoms in total. The van der Waals surface area contributed by atoms with Crippen molar-refractivity contribution in [2.24, 2.45) is 0 Å². The minimum absolute atomic E-state index is 0. The molecular formula is C6H15Cl3O2. The summed E-state index contributed by atoms with van der Waals surface area (Å²) in [5, 5.41) is 7.19. The molecule has 1 rings (SSSR count). The summed E-state index contributed by atoms with van der Waals surface area (Å²) in [6.07, 6.45) is 2.56. The summed E-state index contributed by atoms with van der Waals surface area (Å²) >= 11 is 9.53. The Kier molecular flexibility index (Phi) is 36.2. The van der Waals surface area contributed by atoms with E-state index in [0.29, 0.717) is 0 Å². The quantitative estimate of drug-likeness (QED) is 0.641. The van der Waals surface area contributed by atoms with Crippen LogP contribution in [0.25, 0.3) is 0 Å². The average molecular weight is 226 g/mol. The molecule has 0 aliphatic carbocycles. The van der Waals surface area contributed by atoms with E-state index in [0.717, 1.165) is 20.3 Å². The third-order valence-electron chi connectivity index (χ3n) is 0.827. The molecule has 0 spiro atoms.